The van der Waals surface area contributed by atoms with Crippen LogP contribution >= 0.6 is 0 Å². The number of amides is 1. The first-order valence-electron chi connectivity index (χ1n) is 7.12. The molecule has 0 radical (unpaired) electrons. The zero-order valence-corrected chi connectivity index (χ0v) is 12.1. The van der Waals surface area contributed by atoms with Crippen LogP contribution < -0.4 is 5.32 Å². The lowest BCUT2D eigenvalue weighted by atomic mass is 10.0. The Morgan fingerprint density at radius 2 is 1.60 bits per heavy atom. The summed E-state index contributed by atoms with van der Waals surface area (Å²) >= 11 is 0. The zero-order valence-electron chi connectivity index (χ0n) is 12.1. The molecule has 0 aliphatic carbocycles. The molecule has 0 fully saturated rings. The van der Waals surface area contributed by atoms with Crippen molar-refractivity contribution in [2.24, 2.45) is 0 Å². The van der Waals surface area contributed by atoms with Crippen LogP contribution in [0.3, 0.4) is 0 Å². The Morgan fingerprint density at radius 3 is 2.20 bits per heavy atom. The molecule has 2 rings (SSSR count). The molecule has 0 saturated carbocycles. The van der Waals surface area contributed by atoms with Gasteiger partial charge in [-0.1, -0.05) is 61.5 Å². The summed E-state index contributed by atoms with van der Waals surface area (Å²) in [6.45, 7) is 4.09. The maximum Gasteiger partial charge on any atom is 0.224 e. The van der Waals surface area contributed by atoms with Crippen molar-refractivity contribution in [3.63, 3.8) is 0 Å². The molecule has 1 N–H and O–H groups in total. The molecule has 0 aromatic heterocycles. The van der Waals surface area contributed by atoms with Gasteiger partial charge in [-0.2, -0.15) is 0 Å². The highest BCUT2D eigenvalue weighted by atomic mass is 16.1. The van der Waals surface area contributed by atoms with E-state index in [0.717, 1.165) is 12.0 Å². The minimum atomic E-state index is 0.0896. The first-order valence-corrected chi connectivity index (χ1v) is 7.12. The van der Waals surface area contributed by atoms with E-state index in [4.69, 9.17) is 0 Å². The van der Waals surface area contributed by atoms with E-state index in [2.05, 4.69) is 36.5 Å². The highest BCUT2D eigenvalue weighted by Gasteiger charge is 2.06. The molecule has 104 valence electrons. The van der Waals surface area contributed by atoms with Crippen molar-refractivity contribution in [1.82, 2.24) is 5.32 Å². The monoisotopic (exact) mass is 267 g/mol. The highest BCUT2D eigenvalue weighted by molar-refractivity contribution is 5.79. The van der Waals surface area contributed by atoms with E-state index in [1.165, 1.54) is 11.1 Å². The quantitative estimate of drug-likeness (QED) is 0.877. The van der Waals surface area contributed by atoms with Crippen molar-refractivity contribution in [1.29, 1.82) is 0 Å². The second-order valence-electron chi connectivity index (χ2n) is 5.12. The van der Waals surface area contributed by atoms with E-state index < -0.39 is 0 Å². The Kier molecular flexibility index (Phi) is 4.94. The minimum Gasteiger partial charge on any atom is -0.353 e. The lowest BCUT2D eigenvalue weighted by Crippen LogP contribution is -2.33. The summed E-state index contributed by atoms with van der Waals surface area (Å²) in [5, 5.41) is 2.99. The van der Waals surface area contributed by atoms with Crippen molar-refractivity contribution >= 4 is 5.91 Å². The number of nitrogens with one attached hydrogen (secondary N) is 1. The van der Waals surface area contributed by atoms with Gasteiger partial charge >= 0.3 is 0 Å². The minimum absolute atomic E-state index is 0.0896. The van der Waals surface area contributed by atoms with E-state index in [9.17, 15) is 4.79 Å². The van der Waals surface area contributed by atoms with Gasteiger partial charge in [-0.3, -0.25) is 4.79 Å². The van der Waals surface area contributed by atoms with Gasteiger partial charge in [0.15, 0.2) is 0 Å². The standard InChI is InChI=1S/C18H21NO/c1-3-14(2)19-18(20)13-15-9-11-17(12-10-15)16-7-5-4-6-8-16/h4-12,14H,3,13H2,1-2H3,(H,19,20)/t14-/m0/s1. The molecule has 0 bridgehead atoms. The Hall–Kier alpha value is -2.09. The summed E-state index contributed by atoms with van der Waals surface area (Å²) in [6.07, 6.45) is 1.40. The van der Waals surface area contributed by atoms with Crippen LogP contribution in [0.5, 0.6) is 0 Å². The molecule has 1 amide bonds. The number of hydrogen-bond acceptors (Lipinski definition) is 1. The molecular weight excluding hydrogens is 246 g/mol. The second kappa shape index (κ2) is 6.90. The summed E-state index contributed by atoms with van der Waals surface area (Å²) in [5.74, 6) is 0.0896. The topological polar surface area (TPSA) is 29.1 Å². The molecule has 2 aromatic carbocycles. The molecular formula is C18H21NO. The summed E-state index contributed by atoms with van der Waals surface area (Å²) in [5.41, 5.74) is 3.42. The number of hydrogen-bond donors (Lipinski definition) is 1. The molecule has 2 aromatic rings. The third-order valence-electron chi connectivity index (χ3n) is 3.45. The molecule has 0 saturated heterocycles. The molecule has 0 spiro atoms. The van der Waals surface area contributed by atoms with Crippen LogP contribution in [-0.4, -0.2) is 11.9 Å². The Labute approximate surface area is 120 Å². The largest absolute Gasteiger partial charge is 0.353 e. The molecule has 0 heterocycles. The van der Waals surface area contributed by atoms with Crippen LogP contribution in [0, 0.1) is 0 Å². The van der Waals surface area contributed by atoms with E-state index in [1.54, 1.807) is 0 Å². The van der Waals surface area contributed by atoms with Gasteiger partial charge in [0.05, 0.1) is 6.42 Å². The Morgan fingerprint density at radius 1 is 1.00 bits per heavy atom. The maximum atomic E-state index is 11.8. The summed E-state index contributed by atoms with van der Waals surface area (Å²) in [6, 6.07) is 18.7. The van der Waals surface area contributed by atoms with Crippen LogP contribution in [0.15, 0.2) is 54.6 Å². The smallest absolute Gasteiger partial charge is 0.224 e. The SMILES string of the molecule is CC[C@H](C)NC(=O)Cc1ccc(-c2ccccc2)cc1. The molecule has 20 heavy (non-hydrogen) atoms. The van der Waals surface area contributed by atoms with Crippen LogP contribution in [0.1, 0.15) is 25.8 Å². The van der Waals surface area contributed by atoms with E-state index >= 15 is 0 Å². The van der Waals surface area contributed by atoms with Gasteiger partial charge in [0.25, 0.3) is 0 Å². The maximum absolute atomic E-state index is 11.8. The lowest BCUT2D eigenvalue weighted by molar-refractivity contribution is -0.121. The average Bonchev–Trinajstić information content (AvgIpc) is 2.48. The van der Waals surface area contributed by atoms with Gasteiger partial charge in [-0.15, -0.1) is 0 Å². The van der Waals surface area contributed by atoms with Crippen LogP contribution in [-0.2, 0) is 11.2 Å². The van der Waals surface area contributed by atoms with Crippen molar-refractivity contribution < 1.29 is 4.79 Å². The highest BCUT2D eigenvalue weighted by Crippen LogP contribution is 2.19. The summed E-state index contributed by atoms with van der Waals surface area (Å²) < 4.78 is 0. The Balaban J connectivity index is 2.00. The second-order valence-corrected chi connectivity index (χ2v) is 5.12. The fraction of sp³-hybridized carbons (Fsp3) is 0.278. The molecule has 2 heteroatoms. The number of carbonyl (C=O) groups is 1. The van der Waals surface area contributed by atoms with Gasteiger partial charge in [0.2, 0.25) is 5.91 Å². The average molecular weight is 267 g/mol. The third kappa shape index (κ3) is 3.95. The number of rotatable bonds is 5. The van der Waals surface area contributed by atoms with Crippen molar-refractivity contribution in [3.8, 4) is 11.1 Å². The molecule has 0 unspecified atom stereocenters. The van der Waals surface area contributed by atoms with Crippen LogP contribution in [0.4, 0.5) is 0 Å². The predicted molar refractivity (Wildman–Crippen MR) is 83.5 cm³/mol. The van der Waals surface area contributed by atoms with Gasteiger partial charge in [0.1, 0.15) is 0 Å². The predicted octanol–water partition coefficient (Wildman–Crippen LogP) is 3.81. The fourth-order valence-electron chi connectivity index (χ4n) is 2.06. The van der Waals surface area contributed by atoms with Gasteiger partial charge in [-0.25, -0.2) is 0 Å². The summed E-state index contributed by atoms with van der Waals surface area (Å²) in [4.78, 5) is 11.8. The molecule has 0 aliphatic heterocycles. The van der Waals surface area contributed by atoms with Gasteiger partial charge in [-0.05, 0) is 30.0 Å². The first-order chi connectivity index (χ1) is 9.69. The Bertz CT molecular complexity index is 545. The zero-order chi connectivity index (χ0) is 14.4. The normalized spacial score (nSPS) is 11.9. The van der Waals surface area contributed by atoms with E-state index in [1.807, 2.05) is 37.3 Å². The van der Waals surface area contributed by atoms with Crippen molar-refractivity contribution in [3.05, 3.63) is 60.2 Å². The number of benzene rings is 2. The van der Waals surface area contributed by atoms with Crippen LogP contribution in [0.25, 0.3) is 11.1 Å². The van der Waals surface area contributed by atoms with Gasteiger partial charge in [0, 0.05) is 6.04 Å². The summed E-state index contributed by atoms with van der Waals surface area (Å²) in [7, 11) is 0. The van der Waals surface area contributed by atoms with Gasteiger partial charge < -0.3 is 5.32 Å². The van der Waals surface area contributed by atoms with Crippen molar-refractivity contribution in [2.45, 2.75) is 32.7 Å². The number of carbonyl (C=O) groups excluding carboxylic acids is 1. The fourth-order valence-corrected chi connectivity index (χ4v) is 2.06. The lowest BCUT2D eigenvalue weighted by Gasteiger charge is -2.11. The molecule has 1 atom stereocenters. The van der Waals surface area contributed by atoms with Crippen LogP contribution in [0.2, 0.25) is 0 Å². The third-order valence-corrected chi connectivity index (χ3v) is 3.45. The van der Waals surface area contributed by atoms with Crippen molar-refractivity contribution in [2.75, 3.05) is 0 Å². The van der Waals surface area contributed by atoms with E-state index in [-0.39, 0.29) is 11.9 Å². The molecule has 2 nitrogen and oxygen atoms in total. The molecule has 0 aliphatic rings. The first kappa shape index (κ1) is 14.3. The van der Waals surface area contributed by atoms with E-state index in [0.29, 0.717) is 6.42 Å².